The van der Waals surface area contributed by atoms with Crippen LogP contribution in [0.15, 0.2) is 57.0 Å². The maximum atomic E-state index is 12.5. The Kier molecular flexibility index (Phi) is 11.2. The van der Waals surface area contributed by atoms with Gasteiger partial charge in [-0.3, -0.25) is 9.79 Å². The van der Waals surface area contributed by atoms with Crippen molar-refractivity contribution in [3.8, 4) is 5.75 Å². The summed E-state index contributed by atoms with van der Waals surface area (Å²) in [6.07, 6.45) is 1.53. The van der Waals surface area contributed by atoms with Crippen LogP contribution in [0.2, 0.25) is 0 Å². The fourth-order valence-corrected chi connectivity index (χ4v) is 4.41. The zero-order valence-corrected chi connectivity index (χ0v) is 22.1. The van der Waals surface area contributed by atoms with Crippen LogP contribution in [0.25, 0.3) is 0 Å². The van der Waals surface area contributed by atoms with E-state index in [-0.39, 0.29) is 29.9 Å². The summed E-state index contributed by atoms with van der Waals surface area (Å²) in [4.78, 5) is 22.6. The van der Waals surface area contributed by atoms with Crippen molar-refractivity contribution in [2.45, 2.75) is 18.7 Å². The van der Waals surface area contributed by atoms with Crippen LogP contribution in [-0.2, 0) is 0 Å². The number of hydrogen-bond donors (Lipinski definition) is 1. The fraction of sp³-hybridized carbons (Fsp3) is 0.478. The highest BCUT2D eigenvalue weighted by molar-refractivity contribution is 14.0. The van der Waals surface area contributed by atoms with Gasteiger partial charge in [-0.2, -0.15) is 0 Å². The third kappa shape index (κ3) is 7.33. The monoisotopic (exact) mass is 572 g/mol. The lowest BCUT2D eigenvalue weighted by Gasteiger charge is -2.36. The second-order valence-electron chi connectivity index (χ2n) is 7.52. The van der Waals surface area contributed by atoms with Crippen molar-refractivity contribution in [1.82, 2.24) is 15.1 Å². The molecule has 1 atom stereocenters. The molecule has 7 nitrogen and oxygen atoms in total. The molecule has 176 valence electrons. The van der Waals surface area contributed by atoms with Crippen LogP contribution in [0.1, 0.15) is 24.4 Å². The van der Waals surface area contributed by atoms with Crippen LogP contribution >= 0.6 is 35.7 Å². The molecule has 1 fully saturated rings. The minimum absolute atomic E-state index is 0. The van der Waals surface area contributed by atoms with Gasteiger partial charge < -0.3 is 24.3 Å². The molecule has 0 spiro atoms. The maximum Gasteiger partial charge on any atom is 0.289 e. The lowest BCUT2D eigenvalue weighted by molar-refractivity contribution is 0.0657. The molecular weight excluding hydrogens is 539 g/mol. The predicted molar refractivity (Wildman–Crippen MR) is 140 cm³/mol. The number of nitrogens with one attached hydrogen (secondary N) is 1. The number of ether oxygens (including phenoxy) is 1. The molecule has 3 rings (SSSR count). The summed E-state index contributed by atoms with van der Waals surface area (Å²) < 4.78 is 10.7. The highest BCUT2D eigenvalue weighted by atomic mass is 127. The van der Waals surface area contributed by atoms with Gasteiger partial charge in [0.2, 0.25) is 0 Å². The van der Waals surface area contributed by atoms with Crippen LogP contribution < -0.4 is 10.1 Å². The minimum atomic E-state index is -0.0476. The summed E-state index contributed by atoms with van der Waals surface area (Å²) in [6, 6.07) is 11.6. The zero-order valence-electron chi connectivity index (χ0n) is 19.0. The first-order valence-electron chi connectivity index (χ1n) is 10.7. The molecule has 32 heavy (non-hydrogen) atoms. The van der Waals surface area contributed by atoms with E-state index in [0.717, 1.165) is 48.5 Å². The predicted octanol–water partition coefficient (Wildman–Crippen LogP) is 4.06. The smallest absolute Gasteiger partial charge is 0.289 e. The third-order valence-corrected chi connectivity index (χ3v) is 6.46. The summed E-state index contributed by atoms with van der Waals surface area (Å²) in [5.41, 5.74) is 0. The molecule has 0 bridgehead atoms. The summed E-state index contributed by atoms with van der Waals surface area (Å²) >= 11 is 1.80. The Bertz CT molecular complexity index is 855. The molecule has 1 aliphatic rings. The quantitative estimate of drug-likeness (QED) is 0.223. The largest absolute Gasteiger partial charge is 0.496 e. The Morgan fingerprint density at radius 3 is 2.56 bits per heavy atom. The average molecular weight is 573 g/mol. The molecule has 1 aromatic heterocycles. The number of benzene rings is 1. The van der Waals surface area contributed by atoms with Gasteiger partial charge in [0.1, 0.15) is 5.75 Å². The van der Waals surface area contributed by atoms with E-state index in [1.807, 2.05) is 23.1 Å². The number of piperazine rings is 1. The minimum Gasteiger partial charge on any atom is -0.496 e. The van der Waals surface area contributed by atoms with Crippen molar-refractivity contribution >= 4 is 47.6 Å². The molecule has 1 aromatic carbocycles. The first kappa shape index (κ1) is 26.4. The second-order valence-corrected chi connectivity index (χ2v) is 8.58. The Labute approximate surface area is 212 Å². The topological polar surface area (TPSA) is 70.3 Å². The molecule has 1 unspecified atom stereocenters. The van der Waals surface area contributed by atoms with Gasteiger partial charge in [0.15, 0.2) is 11.7 Å². The number of amides is 1. The number of thioether (sulfide) groups is 1. The number of methoxy groups -OCH3 is 1. The van der Waals surface area contributed by atoms with Crippen LogP contribution in [0.3, 0.4) is 0 Å². The molecule has 0 aliphatic carbocycles. The van der Waals surface area contributed by atoms with Crippen molar-refractivity contribution in [2.24, 2.45) is 10.9 Å². The highest BCUT2D eigenvalue weighted by Crippen LogP contribution is 2.30. The van der Waals surface area contributed by atoms with E-state index >= 15 is 0 Å². The molecule has 1 aliphatic heterocycles. The first-order valence-corrected chi connectivity index (χ1v) is 11.7. The van der Waals surface area contributed by atoms with Crippen LogP contribution in [0, 0.1) is 5.92 Å². The van der Waals surface area contributed by atoms with E-state index in [4.69, 9.17) is 14.1 Å². The van der Waals surface area contributed by atoms with E-state index < -0.39 is 0 Å². The van der Waals surface area contributed by atoms with Gasteiger partial charge in [-0.15, -0.1) is 35.7 Å². The Hall–Kier alpha value is -1.88. The van der Waals surface area contributed by atoms with Gasteiger partial charge in [-0.05, 0) is 37.1 Å². The van der Waals surface area contributed by atoms with Gasteiger partial charge in [0.25, 0.3) is 5.91 Å². The fourth-order valence-electron chi connectivity index (χ4n) is 3.37. The summed E-state index contributed by atoms with van der Waals surface area (Å²) in [7, 11) is 1.71. The van der Waals surface area contributed by atoms with Crippen molar-refractivity contribution in [3.05, 3.63) is 48.4 Å². The Balaban J connectivity index is 0.00000363. The summed E-state index contributed by atoms with van der Waals surface area (Å²) in [5.74, 6) is 3.57. The van der Waals surface area contributed by atoms with Crippen molar-refractivity contribution < 1.29 is 13.9 Å². The first-order chi connectivity index (χ1) is 15.1. The molecule has 1 amide bonds. The number of rotatable bonds is 8. The van der Waals surface area contributed by atoms with E-state index in [2.05, 4.69) is 30.1 Å². The van der Waals surface area contributed by atoms with Crippen molar-refractivity contribution in [3.63, 3.8) is 0 Å². The van der Waals surface area contributed by atoms with E-state index in [9.17, 15) is 4.79 Å². The highest BCUT2D eigenvalue weighted by Gasteiger charge is 2.25. The van der Waals surface area contributed by atoms with Crippen LogP contribution in [0.4, 0.5) is 0 Å². The molecule has 0 saturated carbocycles. The van der Waals surface area contributed by atoms with Gasteiger partial charge in [0.05, 0.1) is 13.4 Å². The van der Waals surface area contributed by atoms with Gasteiger partial charge in [-0.1, -0.05) is 19.1 Å². The van der Waals surface area contributed by atoms with Crippen LogP contribution in [-0.4, -0.2) is 73.8 Å². The standard InChI is InChI=1S/C23H32N4O3S.HI/c1-4-24-23(25-16-18(2)17-31-21-10-6-5-8-19(21)29-3)27-13-11-26(12-14-27)22(28)20-9-7-15-30-20;/h5-10,15,18H,4,11-14,16-17H2,1-3H3,(H,24,25);1H. The number of para-hydroxylation sites is 1. The molecule has 2 heterocycles. The zero-order chi connectivity index (χ0) is 22.1. The van der Waals surface area contributed by atoms with Crippen LogP contribution in [0.5, 0.6) is 5.75 Å². The summed E-state index contributed by atoms with van der Waals surface area (Å²) in [6.45, 7) is 8.67. The number of furan rings is 1. The molecule has 0 radical (unpaired) electrons. The number of aliphatic imine (C=N–C) groups is 1. The Morgan fingerprint density at radius 2 is 1.91 bits per heavy atom. The van der Waals surface area contributed by atoms with Crippen molar-refractivity contribution in [2.75, 3.05) is 52.1 Å². The molecule has 9 heteroatoms. The molecule has 1 N–H and O–H groups in total. The molecule has 1 saturated heterocycles. The van der Waals surface area contributed by atoms with E-state index in [0.29, 0.717) is 24.8 Å². The summed E-state index contributed by atoms with van der Waals surface area (Å²) in [5, 5.41) is 3.40. The van der Waals surface area contributed by atoms with Crippen molar-refractivity contribution in [1.29, 1.82) is 0 Å². The number of carbonyl (C=O) groups is 1. The lowest BCUT2D eigenvalue weighted by Crippen LogP contribution is -2.53. The maximum absolute atomic E-state index is 12.5. The number of nitrogens with zero attached hydrogens (tertiary/aromatic N) is 3. The van der Waals surface area contributed by atoms with E-state index in [1.165, 1.54) is 6.26 Å². The lowest BCUT2D eigenvalue weighted by atomic mass is 10.2. The number of guanidine groups is 1. The number of carbonyl (C=O) groups excluding carboxylic acids is 1. The number of hydrogen-bond acceptors (Lipinski definition) is 5. The average Bonchev–Trinajstić information content (AvgIpc) is 3.35. The normalized spacial score (nSPS) is 15.2. The third-order valence-electron chi connectivity index (χ3n) is 5.08. The molecular formula is C23H33IN4O3S. The van der Waals surface area contributed by atoms with E-state index in [1.54, 1.807) is 31.0 Å². The molecule has 2 aromatic rings. The van der Waals surface area contributed by atoms with Gasteiger partial charge >= 0.3 is 0 Å². The second kappa shape index (κ2) is 13.6. The Morgan fingerprint density at radius 1 is 1.19 bits per heavy atom. The number of halogens is 1. The van der Waals surface area contributed by atoms with Gasteiger partial charge in [0, 0.05) is 49.9 Å². The SMILES string of the molecule is CCNC(=NCC(C)CSc1ccccc1OC)N1CCN(C(=O)c2ccco2)CC1.I. The van der Waals surface area contributed by atoms with Gasteiger partial charge in [-0.25, -0.2) is 0 Å².